The van der Waals surface area contributed by atoms with Crippen molar-refractivity contribution in [2.75, 3.05) is 0 Å². The number of hydrogen-bond donors (Lipinski definition) is 2. The van der Waals surface area contributed by atoms with Crippen LogP contribution in [-0.4, -0.2) is 23.0 Å². The highest BCUT2D eigenvalue weighted by Crippen LogP contribution is 2.03. The normalized spacial score (nSPS) is 11.9. The highest BCUT2D eigenvalue weighted by Gasteiger charge is 2.18. The maximum atomic E-state index is 11.3. The van der Waals surface area contributed by atoms with E-state index in [-0.39, 0.29) is 12.3 Å². The van der Waals surface area contributed by atoms with Gasteiger partial charge in [0.05, 0.1) is 0 Å². The van der Waals surface area contributed by atoms with Crippen LogP contribution in [-0.2, 0) is 9.59 Å². The van der Waals surface area contributed by atoms with Gasteiger partial charge in [0.1, 0.15) is 6.04 Å². The Morgan fingerprint density at radius 3 is 2.47 bits per heavy atom. The molecule has 0 aliphatic heterocycles. The second-order valence-corrected chi connectivity index (χ2v) is 3.80. The molecule has 84 valence electrons. The molecule has 0 saturated heterocycles. The summed E-state index contributed by atoms with van der Waals surface area (Å²) in [6.07, 6.45) is 6.10. The van der Waals surface area contributed by atoms with Crippen LogP contribution in [0.25, 0.3) is 0 Å². The van der Waals surface area contributed by atoms with Gasteiger partial charge in [0, 0.05) is 12.8 Å². The van der Waals surface area contributed by atoms with Crippen LogP contribution >= 0.6 is 0 Å². The number of carbonyl (C=O) groups is 2. The van der Waals surface area contributed by atoms with Crippen molar-refractivity contribution in [3.8, 4) is 12.3 Å². The van der Waals surface area contributed by atoms with E-state index < -0.39 is 12.0 Å². The number of rotatable bonds is 6. The Hall–Kier alpha value is -1.50. The number of carboxylic acid groups (broad SMARTS) is 1. The first-order chi connectivity index (χ1) is 6.97. The van der Waals surface area contributed by atoms with Crippen LogP contribution in [0.2, 0.25) is 0 Å². The standard InChI is InChI=1S/C11H17NO3/c1-4-5-9(11(14)15)12-10(13)7-6-8(2)3/h1,8-9H,5-7H2,2-3H3,(H,12,13)(H,14,15). The molecule has 0 spiro atoms. The summed E-state index contributed by atoms with van der Waals surface area (Å²) < 4.78 is 0. The third kappa shape index (κ3) is 6.55. The molecule has 0 rings (SSSR count). The Balaban J connectivity index is 4.01. The summed E-state index contributed by atoms with van der Waals surface area (Å²) in [5.41, 5.74) is 0. The van der Waals surface area contributed by atoms with E-state index in [1.54, 1.807) is 0 Å². The van der Waals surface area contributed by atoms with Crippen molar-refractivity contribution in [2.45, 2.75) is 39.2 Å². The van der Waals surface area contributed by atoms with Gasteiger partial charge in [0.15, 0.2) is 0 Å². The molecule has 0 aromatic carbocycles. The van der Waals surface area contributed by atoms with Gasteiger partial charge in [-0.25, -0.2) is 4.79 Å². The minimum absolute atomic E-state index is 0.0166. The fourth-order valence-corrected chi connectivity index (χ4v) is 1.00. The summed E-state index contributed by atoms with van der Waals surface area (Å²) >= 11 is 0. The number of nitrogens with one attached hydrogen (secondary N) is 1. The minimum atomic E-state index is -1.09. The zero-order valence-electron chi connectivity index (χ0n) is 9.12. The molecule has 0 saturated carbocycles. The van der Waals surface area contributed by atoms with Crippen LogP contribution in [0.4, 0.5) is 0 Å². The Kier molecular flexibility index (Phi) is 6.19. The number of terminal acetylenes is 1. The van der Waals surface area contributed by atoms with Crippen molar-refractivity contribution < 1.29 is 14.7 Å². The number of aliphatic carboxylic acids is 1. The fraction of sp³-hybridized carbons (Fsp3) is 0.636. The smallest absolute Gasteiger partial charge is 0.327 e. The summed E-state index contributed by atoms with van der Waals surface area (Å²) in [7, 11) is 0. The quantitative estimate of drug-likeness (QED) is 0.644. The van der Waals surface area contributed by atoms with Gasteiger partial charge in [-0.15, -0.1) is 12.3 Å². The van der Waals surface area contributed by atoms with Crippen LogP contribution in [0.3, 0.4) is 0 Å². The molecule has 1 atom stereocenters. The lowest BCUT2D eigenvalue weighted by Gasteiger charge is -2.12. The minimum Gasteiger partial charge on any atom is -0.480 e. The topological polar surface area (TPSA) is 66.4 Å². The van der Waals surface area contributed by atoms with E-state index >= 15 is 0 Å². The number of amides is 1. The van der Waals surface area contributed by atoms with Crippen molar-refractivity contribution in [2.24, 2.45) is 5.92 Å². The maximum Gasteiger partial charge on any atom is 0.327 e. The van der Waals surface area contributed by atoms with Gasteiger partial charge < -0.3 is 10.4 Å². The van der Waals surface area contributed by atoms with Gasteiger partial charge in [-0.2, -0.15) is 0 Å². The van der Waals surface area contributed by atoms with Gasteiger partial charge in [0.25, 0.3) is 0 Å². The first-order valence-electron chi connectivity index (χ1n) is 4.93. The molecule has 2 N–H and O–H groups in total. The molecule has 1 unspecified atom stereocenters. The highest BCUT2D eigenvalue weighted by atomic mass is 16.4. The van der Waals surface area contributed by atoms with E-state index in [9.17, 15) is 9.59 Å². The highest BCUT2D eigenvalue weighted by molar-refractivity contribution is 5.83. The average Bonchev–Trinajstić information content (AvgIpc) is 2.14. The van der Waals surface area contributed by atoms with Crippen molar-refractivity contribution in [3.63, 3.8) is 0 Å². The molecule has 0 aliphatic carbocycles. The Bertz CT molecular complexity index is 265. The first kappa shape index (κ1) is 13.5. The van der Waals surface area contributed by atoms with E-state index in [1.807, 2.05) is 13.8 Å². The maximum absolute atomic E-state index is 11.3. The molecule has 0 aliphatic rings. The van der Waals surface area contributed by atoms with E-state index in [0.29, 0.717) is 12.3 Å². The molecule has 0 bridgehead atoms. The van der Waals surface area contributed by atoms with E-state index in [4.69, 9.17) is 11.5 Å². The van der Waals surface area contributed by atoms with Gasteiger partial charge in [-0.3, -0.25) is 4.79 Å². The van der Waals surface area contributed by atoms with Crippen molar-refractivity contribution in [3.05, 3.63) is 0 Å². The van der Waals surface area contributed by atoms with Crippen molar-refractivity contribution in [1.29, 1.82) is 0 Å². The van der Waals surface area contributed by atoms with E-state index in [1.165, 1.54) is 0 Å². The first-order valence-corrected chi connectivity index (χ1v) is 4.93. The Labute approximate surface area is 90.1 Å². The van der Waals surface area contributed by atoms with E-state index in [2.05, 4.69) is 11.2 Å². The van der Waals surface area contributed by atoms with Crippen LogP contribution in [0.15, 0.2) is 0 Å². The molecule has 0 radical (unpaired) electrons. The van der Waals surface area contributed by atoms with Crippen molar-refractivity contribution >= 4 is 11.9 Å². The van der Waals surface area contributed by atoms with Gasteiger partial charge in [-0.05, 0) is 12.3 Å². The van der Waals surface area contributed by atoms with Crippen molar-refractivity contribution in [1.82, 2.24) is 5.32 Å². The van der Waals surface area contributed by atoms with Crippen LogP contribution < -0.4 is 5.32 Å². The summed E-state index contributed by atoms with van der Waals surface area (Å²) in [4.78, 5) is 21.9. The second kappa shape index (κ2) is 6.88. The predicted octanol–water partition coefficient (Wildman–Crippen LogP) is 1.02. The lowest BCUT2D eigenvalue weighted by atomic mass is 10.1. The molecule has 0 heterocycles. The zero-order chi connectivity index (χ0) is 11.8. The van der Waals surface area contributed by atoms with E-state index in [0.717, 1.165) is 6.42 Å². The Morgan fingerprint density at radius 1 is 1.47 bits per heavy atom. The molecule has 0 fully saturated rings. The number of carbonyl (C=O) groups excluding carboxylic acids is 1. The summed E-state index contributed by atoms with van der Waals surface area (Å²) in [5, 5.41) is 11.1. The fourth-order valence-electron chi connectivity index (χ4n) is 1.00. The van der Waals surface area contributed by atoms with Gasteiger partial charge in [0.2, 0.25) is 5.91 Å². The molecular weight excluding hydrogens is 194 g/mol. The number of carboxylic acids is 1. The summed E-state index contributed by atoms with van der Waals surface area (Å²) in [6, 6.07) is -0.963. The average molecular weight is 211 g/mol. The second-order valence-electron chi connectivity index (χ2n) is 3.80. The zero-order valence-corrected chi connectivity index (χ0v) is 9.12. The van der Waals surface area contributed by atoms with Crippen LogP contribution in [0.5, 0.6) is 0 Å². The molecule has 4 nitrogen and oxygen atoms in total. The molecule has 1 amide bonds. The molecule has 0 aromatic rings. The molecule has 15 heavy (non-hydrogen) atoms. The van der Waals surface area contributed by atoms with Crippen LogP contribution in [0, 0.1) is 18.3 Å². The lowest BCUT2D eigenvalue weighted by molar-refractivity contribution is -0.141. The third-order valence-corrected chi connectivity index (χ3v) is 1.90. The molecule has 0 aromatic heterocycles. The van der Waals surface area contributed by atoms with Gasteiger partial charge in [-0.1, -0.05) is 13.8 Å². The van der Waals surface area contributed by atoms with Crippen LogP contribution in [0.1, 0.15) is 33.1 Å². The van der Waals surface area contributed by atoms with Gasteiger partial charge >= 0.3 is 5.97 Å². The Morgan fingerprint density at radius 2 is 2.07 bits per heavy atom. The summed E-state index contributed by atoms with van der Waals surface area (Å²) in [5.74, 6) is 1.30. The monoisotopic (exact) mass is 211 g/mol. The molecular formula is C11H17NO3. The third-order valence-electron chi connectivity index (χ3n) is 1.90. The summed E-state index contributed by atoms with van der Waals surface area (Å²) in [6.45, 7) is 4.01. The predicted molar refractivity (Wildman–Crippen MR) is 57.1 cm³/mol. The lowest BCUT2D eigenvalue weighted by Crippen LogP contribution is -2.40. The number of hydrogen-bond acceptors (Lipinski definition) is 2. The largest absolute Gasteiger partial charge is 0.480 e. The molecule has 4 heteroatoms. The SMILES string of the molecule is C#CCC(NC(=O)CCC(C)C)C(=O)O.